The van der Waals surface area contributed by atoms with Crippen molar-refractivity contribution >= 4 is 22.5 Å². The van der Waals surface area contributed by atoms with Crippen molar-refractivity contribution in [2.45, 2.75) is 33.7 Å². The summed E-state index contributed by atoms with van der Waals surface area (Å²) < 4.78 is 15.4. The van der Waals surface area contributed by atoms with E-state index in [2.05, 4.69) is 36.7 Å². The summed E-state index contributed by atoms with van der Waals surface area (Å²) in [5.74, 6) is -0.349. The Hall–Kier alpha value is -3.40. The zero-order valence-corrected chi connectivity index (χ0v) is 17.5. The summed E-state index contributed by atoms with van der Waals surface area (Å²) in [7, 11) is 0. The molecule has 0 saturated carbocycles. The molecule has 1 heterocycles. The van der Waals surface area contributed by atoms with E-state index in [0.29, 0.717) is 12.1 Å². The first-order valence-corrected chi connectivity index (χ1v) is 10.2. The lowest BCUT2D eigenvalue weighted by atomic mass is 10.1. The standard InChI is InChI=1S/C26H25FN2O/c1-4-19-6-5-7-23(14-19)28-26(30)21-10-13-25-24(15-21)17(2)18(3)29(25)16-20-8-11-22(27)12-9-20/h5-15H,4,16H2,1-3H3,(H,28,30). The maximum absolute atomic E-state index is 13.2. The predicted molar refractivity (Wildman–Crippen MR) is 121 cm³/mol. The number of rotatable bonds is 5. The van der Waals surface area contributed by atoms with Crippen molar-refractivity contribution in [1.82, 2.24) is 4.57 Å². The van der Waals surface area contributed by atoms with Crippen molar-refractivity contribution in [3.05, 3.63) is 100 Å². The second-order valence-electron chi connectivity index (χ2n) is 7.66. The Kier molecular flexibility index (Phi) is 5.40. The molecule has 152 valence electrons. The van der Waals surface area contributed by atoms with Gasteiger partial charge in [0, 0.05) is 34.4 Å². The topological polar surface area (TPSA) is 34.0 Å². The maximum atomic E-state index is 13.2. The van der Waals surface area contributed by atoms with Crippen LogP contribution in [0.5, 0.6) is 0 Å². The van der Waals surface area contributed by atoms with E-state index in [1.165, 1.54) is 17.7 Å². The minimum atomic E-state index is -0.232. The second-order valence-corrected chi connectivity index (χ2v) is 7.66. The summed E-state index contributed by atoms with van der Waals surface area (Å²) in [5, 5.41) is 4.06. The summed E-state index contributed by atoms with van der Waals surface area (Å²) in [4.78, 5) is 12.8. The van der Waals surface area contributed by atoms with Gasteiger partial charge in [-0.3, -0.25) is 4.79 Å². The molecule has 0 saturated heterocycles. The van der Waals surface area contributed by atoms with Gasteiger partial charge in [-0.1, -0.05) is 31.2 Å². The summed E-state index contributed by atoms with van der Waals surface area (Å²) in [5.41, 5.74) is 7.02. The van der Waals surface area contributed by atoms with E-state index in [9.17, 15) is 9.18 Å². The van der Waals surface area contributed by atoms with Crippen LogP contribution in [0.25, 0.3) is 10.9 Å². The van der Waals surface area contributed by atoms with Gasteiger partial charge in [0.05, 0.1) is 0 Å². The lowest BCUT2D eigenvalue weighted by Gasteiger charge is -2.10. The predicted octanol–water partition coefficient (Wildman–Crippen LogP) is 6.26. The molecular weight excluding hydrogens is 375 g/mol. The number of nitrogens with one attached hydrogen (secondary N) is 1. The first-order chi connectivity index (χ1) is 14.5. The summed E-state index contributed by atoms with van der Waals surface area (Å²) in [6.45, 7) is 6.91. The number of hydrogen-bond donors (Lipinski definition) is 1. The van der Waals surface area contributed by atoms with Crippen molar-refractivity contribution in [2.75, 3.05) is 5.32 Å². The lowest BCUT2D eigenvalue weighted by molar-refractivity contribution is 0.102. The highest BCUT2D eigenvalue weighted by Crippen LogP contribution is 2.27. The molecule has 0 unspecified atom stereocenters. The van der Waals surface area contributed by atoms with Crippen molar-refractivity contribution in [3.63, 3.8) is 0 Å². The molecule has 4 rings (SSSR count). The third kappa shape index (κ3) is 3.86. The van der Waals surface area contributed by atoms with Crippen molar-refractivity contribution < 1.29 is 9.18 Å². The molecule has 1 N–H and O–H groups in total. The quantitative estimate of drug-likeness (QED) is 0.421. The first kappa shape index (κ1) is 19.9. The summed E-state index contributed by atoms with van der Waals surface area (Å²) in [6.07, 6.45) is 0.926. The van der Waals surface area contributed by atoms with E-state index in [-0.39, 0.29) is 11.7 Å². The Labute approximate surface area is 176 Å². The van der Waals surface area contributed by atoms with Crippen LogP contribution in [0.15, 0.2) is 66.7 Å². The number of amides is 1. The maximum Gasteiger partial charge on any atom is 0.255 e. The van der Waals surface area contributed by atoms with E-state index >= 15 is 0 Å². The molecule has 0 aliphatic rings. The van der Waals surface area contributed by atoms with E-state index in [4.69, 9.17) is 0 Å². The molecule has 3 aromatic carbocycles. The summed E-state index contributed by atoms with van der Waals surface area (Å²) in [6, 6.07) is 20.3. The molecule has 4 aromatic rings. The minimum Gasteiger partial charge on any atom is -0.340 e. The molecule has 0 atom stereocenters. The molecule has 1 amide bonds. The van der Waals surface area contributed by atoms with Gasteiger partial charge in [-0.2, -0.15) is 0 Å². The minimum absolute atomic E-state index is 0.117. The number of halogens is 1. The number of carbonyl (C=O) groups is 1. The van der Waals surface area contributed by atoms with E-state index < -0.39 is 0 Å². The van der Waals surface area contributed by atoms with Gasteiger partial charge in [0.15, 0.2) is 0 Å². The number of nitrogens with zero attached hydrogens (tertiary/aromatic N) is 1. The van der Waals surface area contributed by atoms with Crippen LogP contribution in [0.1, 0.15) is 39.7 Å². The van der Waals surface area contributed by atoms with Crippen molar-refractivity contribution in [2.24, 2.45) is 0 Å². The van der Waals surface area contributed by atoms with Crippen LogP contribution in [-0.2, 0) is 13.0 Å². The fraction of sp³-hybridized carbons (Fsp3) is 0.192. The number of fused-ring (bicyclic) bond motifs is 1. The largest absolute Gasteiger partial charge is 0.340 e. The van der Waals surface area contributed by atoms with Crippen LogP contribution in [0.3, 0.4) is 0 Å². The molecule has 0 aliphatic heterocycles. The average Bonchev–Trinajstić information content (AvgIpc) is 2.99. The lowest BCUT2D eigenvalue weighted by Crippen LogP contribution is -2.12. The Morgan fingerprint density at radius 1 is 0.967 bits per heavy atom. The van der Waals surface area contributed by atoms with Crippen molar-refractivity contribution in [3.8, 4) is 0 Å². The van der Waals surface area contributed by atoms with Crippen LogP contribution in [0, 0.1) is 19.7 Å². The van der Waals surface area contributed by atoms with Gasteiger partial charge >= 0.3 is 0 Å². The Morgan fingerprint density at radius 3 is 2.47 bits per heavy atom. The first-order valence-electron chi connectivity index (χ1n) is 10.2. The number of aromatic nitrogens is 1. The zero-order chi connectivity index (χ0) is 21.3. The Balaban J connectivity index is 1.64. The number of hydrogen-bond acceptors (Lipinski definition) is 1. The average molecular weight is 400 g/mol. The molecule has 0 bridgehead atoms. The summed E-state index contributed by atoms with van der Waals surface area (Å²) >= 11 is 0. The molecule has 0 radical (unpaired) electrons. The van der Waals surface area contributed by atoms with Crippen LogP contribution in [-0.4, -0.2) is 10.5 Å². The normalized spacial score (nSPS) is 11.1. The fourth-order valence-corrected chi connectivity index (χ4v) is 3.84. The van der Waals surface area contributed by atoms with Crippen LogP contribution in [0.4, 0.5) is 10.1 Å². The SMILES string of the molecule is CCc1cccc(NC(=O)c2ccc3c(c2)c(C)c(C)n3Cc2ccc(F)cc2)c1. The third-order valence-corrected chi connectivity index (χ3v) is 5.75. The number of aryl methyl sites for hydroxylation is 2. The molecule has 30 heavy (non-hydrogen) atoms. The number of anilines is 1. The molecular formula is C26H25FN2O. The van der Waals surface area contributed by atoms with Gasteiger partial charge in [0.1, 0.15) is 5.82 Å². The van der Waals surface area contributed by atoms with Gasteiger partial charge < -0.3 is 9.88 Å². The van der Waals surface area contributed by atoms with Gasteiger partial charge in [-0.25, -0.2) is 4.39 Å². The second kappa shape index (κ2) is 8.15. The van der Waals surface area contributed by atoms with Crippen LogP contribution < -0.4 is 5.32 Å². The molecule has 0 spiro atoms. The molecule has 1 aromatic heterocycles. The fourth-order valence-electron chi connectivity index (χ4n) is 3.84. The van der Waals surface area contributed by atoms with Gasteiger partial charge in [0.25, 0.3) is 5.91 Å². The molecule has 0 fully saturated rings. The van der Waals surface area contributed by atoms with E-state index in [0.717, 1.165) is 39.8 Å². The smallest absolute Gasteiger partial charge is 0.255 e. The Morgan fingerprint density at radius 2 is 1.73 bits per heavy atom. The molecule has 3 nitrogen and oxygen atoms in total. The molecule has 4 heteroatoms. The monoisotopic (exact) mass is 400 g/mol. The van der Waals surface area contributed by atoms with Crippen molar-refractivity contribution in [1.29, 1.82) is 0 Å². The van der Waals surface area contributed by atoms with E-state index in [1.807, 2.05) is 48.5 Å². The van der Waals surface area contributed by atoms with Crippen LogP contribution in [0.2, 0.25) is 0 Å². The van der Waals surface area contributed by atoms with Gasteiger partial charge in [-0.05, 0) is 79.4 Å². The molecule has 0 aliphatic carbocycles. The number of carbonyl (C=O) groups excluding carboxylic acids is 1. The number of benzene rings is 3. The highest BCUT2D eigenvalue weighted by molar-refractivity contribution is 6.06. The van der Waals surface area contributed by atoms with Crippen LogP contribution >= 0.6 is 0 Å². The zero-order valence-electron chi connectivity index (χ0n) is 17.5. The Bertz CT molecular complexity index is 1220. The van der Waals surface area contributed by atoms with Gasteiger partial charge in [0.2, 0.25) is 0 Å². The third-order valence-electron chi connectivity index (χ3n) is 5.75. The van der Waals surface area contributed by atoms with E-state index in [1.54, 1.807) is 0 Å². The highest BCUT2D eigenvalue weighted by Gasteiger charge is 2.14. The van der Waals surface area contributed by atoms with Gasteiger partial charge in [-0.15, -0.1) is 0 Å². The highest BCUT2D eigenvalue weighted by atomic mass is 19.1.